The Hall–Kier alpha value is -5.48. The van der Waals surface area contributed by atoms with E-state index in [0.717, 1.165) is 11.1 Å². The highest BCUT2D eigenvalue weighted by molar-refractivity contribution is 5.98. The lowest BCUT2D eigenvalue weighted by molar-refractivity contribution is -0.167. The molecule has 5 N–H and O–H groups in total. The zero-order chi connectivity index (χ0) is 45.1. The second-order valence-electron chi connectivity index (χ2n) is 17.0. The van der Waals surface area contributed by atoms with Gasteiger partial charge in [-0.2, -0.15) is 15.4 Å². The number of aromatic nitrogens is 3. The molecule has 1 saturated heterocycles. The summed E-state index contributed by atoms with van der Waals surface area (Å²) in [4.78, 5) is 85.4. The second-order valence-corrected chi connectivity index (χ2v) is 17.0. The van der Waals surface area contributed by atoms with Gasteiger partial charge >= 0.3 is 5.97 Å². The number of morpholine rings is 1. The van der Waals surface area contributed by atoms with E-state index in [4.69, 9.17) is 9.47 Å². The van der Waals surface area contributed by atoms with E-state index in [1.807, 2.05) is 93.3 Å². The number of aryl methyl sites for hydroxylation is 2. The third kappa shape index (κ3) is 16.4. The number of hydrogen-bond donors (Lipinski definition) is 5. The normalized spacial score (nSPS) is 16.0. The summed E-state index contributed by atoms with van der Waals surface area (Å²) in [5, 5.41) is 21.8. The van der Waals surface area contributed by atoms with E-state index < -0.39 is 59.2 Å². The van der Waals surface area contributed by atoms with Crippen molar-refractivity contribution in [3.8, 4) is 0 Å². The van der Waals surface area contributed by atoms with Gasteiger partial charge in [-0.3, -0.25) is 33.7 Å². The molecule has 5 atom stereocenters. The molecule has 0 bridgehead atoms. The quantitative estimate of drug-likeness (QED) is 0.0781. The predicted octanol–water partition coefficient (Wildman–Crippen LogP) is 3.26. The Morgan fingerprint density at radius 3 is 1.92 bits per heavy atom. The molecule has 1 fully saturated rings. The summed E-state index contributed by atoms with van der Waals surface area (Å²) in [6, 6.07) is 14.6. The van der Waals surface area contributed by atoms with E-state index in [-0.39, 0.29) is 62.8 Å². The molecule has 2 heterocycles. The summed E-state index contributed by atoms with van der Waals surface area (Å²) in [5.41, 5.74) is 0.779. The summed E-state index contributed by atoms with van der Waals surface area (Å²) < 4.78 is 11.2. The van der Waals surface area contributed by atoms with Crippen molar-refractivity contribution in [3.05, 3.63) is 83.7 Å². The molecule has 16 nitrogen and oxygen atoms in total. The molecule has 4 rings (SSSR count). The number of aromatic amines is 1. The van der Waals surface area contributed by atoms with Gasteiger partial charge in [0, 0.05) is 25.9 Å². The molecule has 0 radical (unpaired) electrons. The van der Waals surface area contributed by atoms with E-state index >= 15 is 0 Å². The fourth-order valence-corrected chi connectivity index (χ4v) is 7.25. The van der Waals surface area contributed by atoms with Crippen molar-refractivity contribution >= 4 is 35.4 Å². The van der Waals surface area contributed by atoms with Crippen molar-refractivity contribution in [2.24, 2.45) is 11.8 Å². The van der Waals surface area contributed by atoms with E-state index in [9.17, 15) is 28.8 Å². The highest BCUT2D eigenvalue weighted by atomic mass is 16.6. The second kappa shape index (κ2) is 24.8. The van der Waals surface area contributed by atoms with E-state index in [1.165, 1.54) is 6.20 Å². The molecule has 2 aromatic carbocycles. The first-order valence-corrected chi connectivity index (χ1v) is 21.8. The largest absolute Gasteiger partial charge is 0.451 e. The smallest absolute Gasteiger partial charge is 0.307 e. The molecule has 1 aliphatic rings. The average molecular weight is 859 g/mol. The van der Waals surface area contributed by atoms with E-state index in [0.29, 0.717) is 44.8 Å². The number of ketones is 1. The SMILES string of the molecule is CCC(C)(OC(=O)CCc1cn[nH]n1)C(=O)[C@H](CC(C)C)NC(=O)[C@H](Cc1ccccc1)NC(=O)[C@H](CC(C)C)NC(=O)[C@H](CCc1ccccc1)NC(=O)CN1CCOCC1. The third-order valence-electron chi connectivity index (χ3n) is 10.9. The number of hydrogen-bond acceptors (Lipinski definition) is 11. The maximum Gasteiger partial charge on any atom is 0.307 e. The van der Waals surface area contributed by atoms with Crippen LogP contribution in [-0.4, -0.2) is 118 Å². The summed E-state index contributed by atoms with van der Waals surface area (Å²) in [5.74, 6) is -3.16. The van der Waals surface area contributed by atoms with Crippen LogP contribution >= 0.6 is 0 Å². The maximum absolute atomic E-state index is 14.4. The number of benzene rings is 2. The van der Waals surface area contributed by atoms with Gasteiger partial charge in [-0.1, -0.05) is 95.3 Å². The van der Waals surface area contributed by atoms with Crippen LogP contribution in [0.25, 0.3) is 0 Å². The topological polar surface area (TPSA) is 214 Å². The van der Waals surface area contributed by atoms with Crippen LogP contribution in [0, 0.1) is 11.8 Å². The van der Waals surface area contributed by atoms with Crippen molar-refractivity contribution in [2.75, 3.05) is 32.8 Å². The number of ether oxygens (including phenoxy) is 2. The van der Waals surface area contributed by atoms with Gasteiger partial charge in [0.2, 0.25) is 23.6 Å². The fraction of sp³-hybridized carbons (Fsp3) is 0.565. The van der Waals surface area contributed by atoms with Gasteiger partial charge in [0.15, 0.2) is 11.4 Å². The van der Waals surface area contributed by atoms with Crippen molar-refractivity contribution < 1.29 is 38.2 Å². The molecule has 1 unspecified atom stereocenters. The fourth-order valence-electron chi connectivity index (χ4n) is 7.25. The van der Waals surface area contributed by atoms with Crippen LogP contribution in [0.2, 0.25) is 0 Å². The van der Waals surface area contributed by atoms with Gasteiger partial charge in [0.05, 0.1) is 44.1 Å². The summed E-state index contributed by atoms with van der Waals surface area (Å²) >= 11 is 0. The summed E-state index contributed by atoms with van der Waals surface area (Å²) in [7, 11) is 0. The van der Waals surface area contributed by atoms with Crippen LogP contribution in [0.3, 0.4) is 0 Å². The highest BCUT2D eigenvalue weighted by Gasteiger charge is 2.42. The predicted molar refractivity (Wildman–Crippen MR) is 233 cm³/mol. The van der Waals surface area contributed by atoms with E-state index in [2.05, 4.69) is 36.7 Å². The number of rotatable bonds is 25. The number of carbonyl (C=O) groups excluding carboxylic acids is 6. The lowest BCUT2D eigenvalue weighted by Gasteiger charge is -2.33. The van der Waals surface area contributed by atoms with Gasteiger partial charge in [0.25, 0.3) is 0 Å². The number of amides is 4. The molecule has 1 aliphatic heterocycles. The van der Waals surface area contributed by atoms with Gasteiger partial charge in [-0.05, 0) is 62.0 Å². The van der Waals surface area contributed by atoms with Crippen LogP contribution in [0.1, 0.15) is 90.5 Å². The van der Waals surface area contributed by atoms with Crippen molar-refractivity contribution in [1.82, 2.24) is 41.6 Å². The maximum atomic E-state index is 14.4. The Morgan fingerprint density at radius 1 is 0.758 bits per heavy atom. The first kappa shape index (κ1) is 49.2. The van der Waals surface area contributed by atoms with Crippen LogP contribution in [0.4, 0.5) is 0 Å². The van der Waals surface area contributed by atoms with Crippen LogP contribution < -0.4 is 21.3 Å². The number of nitrogens with zero attached hydrogens (tertiary/aromatic N) is 3. The number of esters is 1. The Bertz CT molecular complexity index is 1870. The number of carbonyl (C=O) groups is 6. The molecule has 16 heteroatoms. The van der Waals surface area contributed by atoms with Gasteiger partial charge in [0.1, 0.15) is 18.1 Å². The van der Waals surface area contributed by atoms with Crippen LogP contribution in [0.5, 0.6) is 0 Å². The van der Waals surface area contributed by atoms with Gasteiger partial charge < -0.3 is 30.7 Å². The van der Waals surface area contributed by atoms with Gasteiger partial charge in [-0.25, -0.2) is 0 Å². The zero-order valence-corrected chi connectivity index (χ0v) is 37.1. The monoisotopic (exact) mass is 859 g/mol. The highest BCUT2D eigenvalue weighted by Crippen LogP contribution is 2.23. The molecule has 0 aliphatic carbocycles. The van der Waals surface area contributed by atoms with Crippen LogP contribution in [0.15, 0.2) is 66.9 Å². The Kier molecular flexibility index (Phi) is 19.7. The first-order chi connectivity index (χ1) is 29.6. The molecule has 3 aromatic rings. The molecule has 62 heavy (non-hydrogen) atoms. The molecule has 338 valence electrons. The minimum absolute atomic E-state index is 0.0234. The minimum Gasteiger partial charge on any atom is -0.451 e. The number of Topliss-reactive ketones (excluding diaryl/α,β-unsaturated/α-hetero) is 1. The molecule has 4 amide bonds. The Morgan fingerprint density at radius 2 is 1.32 bits per heavy atom. The van der Waals surface area contributed by atoms with E-state index in [1.54, 1.807) is 13.8 Å². The average Bonchev–Trinajstić information content (AvgIpc) is 3.78. The molecule has 0 spiro atoms. The lowest BCUT2D eigenvalue weighted by Crippen LogP contribution is -2.60. The number of nitrogens with one attached hydrogen (secondary N) is 5. The van der Waals surface area contributed by atoms with Crippen LogP contribution in [-0.2, 0) is 57.5 Å². The van der Waals surface area contributed by atoms with Crippen molar-refractivity contribution in [2.45, 2.75) is 123 Å². The molecule has 1 aromatic heterocycles. The molecule has 0 saturated carbocycles. The summed E-state index contributed by atoms with van der Waals surface area (Å²) in [6.07, 6.45) is 3.29. The zero-order valence-electron chi connectivity index (χ0n) is 37.1. The van der Waals surface area contributed by atoms with Crippen molar-refractivity contribution in [1.29, 1.82) is 0 Å². The van der Waals surface area contributed by atoms with Gasteiger partial charge in [-0.15, -0.1) is 0 Å². The number of H-pyrrole nitrogens is 1. The Labute approximate surface area is 365 Å². The third-order valence-corrected chi connectivity index (χ3v) is 10.9. The summed E-state index contributed by atoms with van der Waals surface area (Å²) in [6.45, 7) is 13.3. The Balaban J connectivity index is 1.53. The molecular formula is C46H66N8O8. The van der Waals surface area contributed by atoms with Crippen molar-refractivity contribution in [3.63, 3.8) is 0 Å². The minimum atomic E-state index is -1.55. The first-order valence-electron chi connectivity index (χ1n) is 21.8. The standard InChI is InChI=1S/C46H66N8O8/c1-7-46(6,62-41(56)21-19-35-29-47-53-52-35)42(57)37(26-31(2)3)49-45(60)39(28-34-16-12-9-13-17-34)51-44(59)38(27-32(4)5)50-43(58)36(20-18-33-14-10-8-11-15-33)48-40(55)30-54-22-24-61-25-23-54/h8-17,29,31-32,36-39H,7,18-28,30H2,1-6H3,(H,48,55)(H,49,60)(H,50,58)(H,51,59)(H,47,52,53)/t36-,37-,38-,39-,46?/m0/s1. The molecular weight excluding hydrogens is 793 g/mol. The lowest BCUT2D eigenvalue weighted by atomic mass is 9.87.